The van der Waals surface area contributed by atoms with Crippen molar-refractivity contribution in [1.82, 2.24) is 3.71 Å². The zero-order chi connectivity index (χ0) is 14.9. The second-order valence-corrected chi connectivity index (χ2v) is 7.57. The topological polar surface area (TPSA) is 80.5 Å². The van der Waals surface area contributed by atoms with Crippen molar-refractivity contribution in [2.45, 2.75) is 18.7 Å². The highest BCUT2D eigenvalue weighted by Crippen LogP contribution is 2.34. The molecule has 0 aliphatic carbocycles. The molecule has 6 nitrogen and oxygen atoms in total. The minimum atomic E-state index is -3.87. The second kappa shape index (κ2) is 5.55. The van der Waals surface area contributed by atoms with Gasteiger partial charge in [0.1, 0.15) is 0 Å². The first-order chi connectivity index (χ1) is 9.34. The molecule has 0 N–H and O–H groups in total. The van der Waals surface area contributed by atoms with Crippen LogP contribution in [0.15, 0.2) is 40.3 Å². The smallest absolute Gasteiger partial charge is 0.258 e. The van der Waals surface area contributed by atoms with E-state index in [9.17, 15) is 18.5 Å². The van der Waals surface area contributed by atoms with Crippen LogP contribution in [0, 0.1) is 10.1 Å². The van der Waals surface area contributed by atoms with E-state index in [1.165, 1.54) is 28.0 Å². The van der Waals surface area contributed by atoms with Gasteiger partial charge in [0.15, 0.2) is 4.90 Å². The predicted molar refractivity (Wildman–Crippen MR) is 77.8 cm³/mol. The Hall–Kier alpha value is -1.38. The van der Waals surface area contributed by atoms with Gasteiger partial charge >= 0.3 is 0 Å². The summed E-state index contributed by atoms with van der Waals surface area (Å²) in [6, 6.07) is 5.42. The van der Waals surface area contributed by atoms with Crippen LogP contribution in [0.25, 0.3) is 0 Å². The highest BCUT2D eigenvalue weighted by atomic mass is 32.3. The van der Waals surface area contributed by atoms with Crippen molar-refractivity contribution >= 4 is 27.7 Å². The maximum Gasteiger partial charge on any atom is 0.289 e. The van der Waals surface area contributed by atoms with E-state index in [1.54, 1.807) is 0 Å². The summed E-state index contributed by atoms with van der Waals surface area (Å²) < 4.78 is 26.3. The summed E-state index contributed by atoms with van der Waals surface area (Å²) >= 11 is 1.16. The van der Waals surface area contributed by atoms with Crippen LogP contribution >= 0.6 is 11.9 Å². The molecule has 8 heteroatoms. The lowest BCUT2D eigenvalue weighted by Gasteiger charge is -2.26. The van der Waals surface area contributed by atoms with Gasteiger partial charge in [-0.1, -0.05) is 35.2 Å². The Morgan fingerprint density at radius 1 is 1.25 bits per heavy atom. The van der Waals surface area contributed by atoms with Gasteiger partial charge in [0, 0.05) is 18.4 Å². The van der Waals surface area contributed by atoms with Crippen LogP contribution < -0.4 is 0 Å². The van der Waals surface area contributed by atoms with Gasteiger partial charge in [0.05, 0.1) is 4.92 Å². The molecule has 20 heavy (non-hydrogen) atoms. The molecule has 1 aliphatic rings. The third kappa shape index (κ3) is 2.72. The van der Waals surface area contributed by atoms with Crippen LogP contribution in [0.1, 0.15) is 13.8 Å². The zero-order valence-corrected chi connectivity index (χ0v) is 12.7. The average molecular weight is 314 g/mol. The summed E-state index contributed by atoms with van der Waals surface area (Å²) in [5.41, 5.74) is 1.73. The van der Waals surface area contributed by atoms with Gasteiger partial charge < -0.3 is 0 Å². The van der Waals surface area contributed by atoms with Crippen molar-refractivity contribution in [2.24, 2.45) is 0 Å². The fraction of sp³-hybridized carbons (Fsp3) is 0.333. The molecule has 1 heterocycles. The Morgan fingerprint density at radius 2 is 1.90 bits per heavy atom. The maximum atomic E-state index is 12.5. The number of hydrogen-bond donors (Lipinski definition) is 0. The Morgan fingerprint density at radius 3 is 2.50 bits per heavy atom. The second-order valence-electron chi connectivity index (χ2n) is 4.52. The van der Waals surface area contributed by atoms with Crippen LogP contribution in [0.2, 0.25) is 0 Å². The van der Waals surface area contributed by atoms with Crippen molar-refractivity contribution in [3.05, 3.63) is 45.5 Å². The summed E-state index contributed by atoms with van der Waals surface area (Å²) in [6.07, 6.45) is 0. The molecule has 0 aromatic heterocycles. The molecule has 0 bridgehead atoms. The van der Waals surface area contributed by atoms with E-state index in [2.05, 4.69) is 0 Å². The summed E-state index contributed by atoms with van der Waals surface area (Å²) in [4.78, 5) is 10.0. The van der Waals surface area contributed by atoms with Gasteiger partial charge in [-0.25, -0.2) is 8.42 Å². The van der Waals surface area contributed by atoms with Gasteiger partial charge in [-0.05, 0) is 19.9 Å². The van der Waals surface area contributed by atoms with Gasteiger partial charge in [-0.3, -0.25) is 10.1 Å². The van der Waals surface area contributed by atoms with Crippen molar-refractivity contribution in [3.8, 4) is 0 Å². The molecule has 2 rings (SSSR count). The van der Waals surface area contributed by atoms with E-state index in [4.69, 9.17) is 0 Å². The predicted octanol–water partition coefficient (Wildman–Crippen LogP) is 2.58. The third-order valence-corrected chi connectivity index (χ3v) is 6.58. The molecule has 1 aromatic carbocycles. The van der Waals surface area contributed by atoms with Crippen molar-refractivity contribution in [3.63, 3.8) is 0 Å². The lowest BCUT2D eigenvalue weighted by Crippen LogP contribution is -2.30. The van der Waals surface area contributed by atoms with E-state index < -0.39 is 20.6 Å². The van der Waals surface area contributed by atoms with Crippen LogP contribution in [-0.4, -0.2) is 29.3 Å². The van der Waals surface area contributed by atoms with E-state index in [0.29, 0.717) is 5.75 Å². The van der Waals surface area contributed by atoms with Crippen LogP contribution in [0.3, 0.4) is 0 Å². The quantitative estimate of drug-likeness (QED) is 0.371. The highest BCUT2D eigenvalue weighted by Gasteiger charge is 2.33. The number of nitrogens with zero attached hydrogens (tertiary/aromatic N) is 2. The first-order valence-electron chi connectivity index (χ1n) is 5.88. The first kappa shape index (κ1) is 15.0. The molecule has 0 saturated heterocycles. The zero-order valence-electron chi connectivity index (χ0n) is 11.1. The SMILES string of the molecule is CC1=C(C)CN(S(=O)(=O)c2ccccc2[N+](=O)[O-])SC1. The fourth-order valence-electron chi connectivity index (χ4n) is 1.76. The normalized spacial score (nSPS) is 17.3. The Balaban J connectivity index is 2.45. The maximum absolute atomic E-state index is 12.5. The molecule has 0 atom stereocenters. The molecule has 0 saturated carbocycles. The molecule has 0 radical (unpaired) electrons. The van der Waals surface area contributed by atoms with E-state index in [0.717, 1.165) is 23.1 Å². The number of para-hydroxylation sites is 1. The van der Waals surface area contributed by atoms with Crippen molar-refractivity contribution in [1.29, 1.82) is 0 Å². The number of hydrogen-bond acceptors (Lipinski definition) is 5. The molecule has 108 valence electrons. The highest BCUT2D eigenvalue weighted by molar-refractivity contribution is 8.08. The summed E-state index contributed by atoms with van der Waals surface area (Å²) in [5.74, 6) is 0.575. The Labute approximate surface area is 121 Å². The van der Waals surface area contributed by atoms with E-state index in [-0.39, 0.29) is 11.4 Å². The van der Waals surface area contributed by atoms with Crippen molar-refractivity contribution in [2.75, 3.05) is 12.3 Å². The molecule has 0 unspecified atom stereocenters. The number of sulfonamides is 1. The minimum absolute atomic E-state index is 0.255. The minimum Gasteiger partial charge on any atom is -0.258 e. The first-order valence-corrected chi connectivity index (χ1v) is 8.26. The Kier molecular flexibility index (Phi) is 4.17. The summed E-state index contributed by atoms with van der Waals surface area (Å²) in [7, 11) is -3.87. The summed E-state index contributed by atoms with van der Waals surface area (Å²) in [6.45, 7) is 4.08. The third-order valence-electron chi connectivity index (χ3n) is 3.13. The molecular formula is C12H14N2O4S2. The molecule has 0 amide bonds. The van der Waals surface area contributed by atoms with Gasteiger partial charge in [-0.2, -0.15) is 0 Å². The van der Waals surface area contributed by atoms with Crippen LogP contribution in [0.4, 0.5) is 5.69 Å². The van der Waals surface area contributed by atoms with E-state index >= 15 is 0 Å². The average Bonchev–Trinajstić information content (AvgIpc) is 2.41. The van der Waals surface area contributed by atoms with Gasteiger partial charge in [0.2, 0.25) is 0 Å². The molecule has 0 fully saturated rings. The monoisotopic (exact) mass is 314 g/mol. The number of rotatable bonds is 3. The van der Waals surface area contributed by atoms with Gasteiger partial charge in [0.25, 0.3) is 15.7 Å². The lowest BCUT2D eigenvalue weighted by molar-refractivity contribution is -0.387. The fourth-order valence-corrected chi connectivity index (χ4v) is 4.82. The number of benzene rings is 1. The van der Waals surface area contributed by atoms with Gasteiger partial charge in [-0.15, -0.1) is 3.71 Å². The molecule has 1 aromatic rings. The Bertz CT molecular complexity index is 682. The standard InChI is InChI=1S/C12H14N2O4S2/c1-9-7-13(19-8-10(9)2)20(17,18)12-6-4-3-5-11(12)14(15)16/h3-6H,7-8H2,1-2H3. The van der Waals surface area contributed by atoms with Crippen molar-refractivity contribution < 1.29 is 13.3 Å². The largest absolute Gasteiger partial charge is 0.289 e. The van der Waals surface area contributed by atoms with Crippen LogP contribution in [-0.2, 0) is 10.0 Å². The summed E-state index contributed by atoms with van der Waals surface area (Å²) in [5, 5.41) is 11.0. The van der Waals surface area contributed by atoms with Crippen LogP contribution in [0.5, 0.6) is 0 Å². The lowest BCUT2D eigenvalue weighted by atomic mass is 10.2. The molecular weight excluding hydrogens is 300 g/mol. The van der Waals surface area contributed by atoms with E-state index in [1.807, 2.05) is 13.8 Å². The number of nitro groups is 1. The molecule has 1 aliphatic heterocycles. The molecule has 0 spiro atoms. The number of nitro benzene ring substituents is 1.